The van der Waals surface area contributed by atoms with Crippen molar-refractivity contribution in [3.8, 4) is 11.5 Å². The van der Waals surface area contributed by atoms with E-state index in [1.165, 1.54) is 38.3 Å². The molecule has 3 aromatic rings. The Morgan fingerprint density at radius 1 is 1.03 bits per heavy atom. The van der Waals surface area contributed by atoms with Crippen LogP contribution in [0.25, 0.3) is 0 Å². The second-order valence-electron chi connectivity index (χ2n) is 8.50. The lowest BCUT2D eigenvalue weighted by Gasteiger charge is -2.24. The van der Waals surface area contributed by atoms with Crippen LogP contribution in [0.5, 0.6) is 11.5 Å². The summed E-state index contributed by atoms with van der Waals surface area (Å²) in [7, 11) is -2.85. The highest BCUT2D eigenvalue weighted by Gasteiger charge is 2.29. The van der Waals surface area contributed by atoms with Crippen LogP contribution < -0.4 is 19.1 Å². The highest BCUT2D eigenvalue weighted by Crippen LogP contribution is 2.29. The Morgan fingerprint density at radius 2 is 1.65 bits per heavy atom. The van der Waals surface area contributed by atoms with Crippen molar-refractivity contribution in [1.82, 2.24) is 5.32 Å². The number of hydrogen-bond donors (Lipinski definition) is 1. The van der Waals surface area contributed by atoms with Gasteiger partial charge in [-0.2, -0.15) is 0 Å². The number of nitro groups is 1. The maximum Gasteiger partial charge on any atom is 0.273 e. The number of methoxy groups -OCH3 is 1. The second kappa shape index (κ2) is 11.7. The zero-order valence-electron chi connectivity index (χ0n) is 21.0. The molecule has 3 aromatic carbocycles. The molecule has 1 amide bonds. The van der Waals surface area contributed by atoms with Gasteiger partial charge in [-0.25, -0.2) is 8.42 Å². The van der Waals surface area contributed by atoms with E-state index < -0.39 is 27.4 Å². The van der Waals surface area contributed by atoms with E-state index in [1.54, 1.807) is 36.4 Å². The Hall–Kier alpha value is -4.12. The van der Waals surface area contributed by atoms with E-state index >= 15 is 0 Å². The van der Waals surface area contributed by atoms with Crippen LogP contribution in [0.15, 0.2) is 71.6 Å². The Morgan fingerprint density at radius 3 is 2.22 bits per heavy atom. The van der Waals surface area contributed by atoms with Crippen molar-refractivity contribution < 1.29 is 27.6 Å². The largest absolute Gasteiger partial charge is 0.497 e. The molecule has 37 heavy (non-hydrogen) atoms. The fourth-order valence-corrected chi connectivity index (χ4v) is 4.92. The van der Waals surface area contributed by atoms with Crippen LogP contribution in [0.1, 0.15) is 25.0 Å². The number of carbonyl (C=O) groups is 1. The Kier molecular flexibility index (Phi) is 8.72. The van der Waals surface area contributed by atoms with Crippen LogP contribution in [0.2, 0.25) is 0 Å². The number of sulfonamides is 1. The Labute approximate surface area is 216 Å². The van der Waals surface area contributed by atoms with Gasteiger partial charge in [-0.3, -0.25) is 19.2 Å². The first kappa shape index (κ1) is 27.5. The fraction of sp³-hybridized carbons (Fsp3) is 0.269. The number of carbonyl (C=O) groups excluding carboxylic acids is 1. The number of ether oxygens (including phenoxy) is 2. The van der Waals surface area contributed by atoms with Crippen molar-refractivity contribution in [1.29, 1.82) is 0 Å². The van der Waals surface area contributed by atoms with Crippen LogP contribution >= 0.6 is 0 Å². The summed E-state index contributed by atoms with van der Waals surface area (Å²) < 4.78 is 38.8. The Balaban J connectivity index is 1.85. The minimum atomic E-state index is -4.33. The van der Waals surface area contributed by atoms with Gasteiger partial charge < -0.3 is 14.8 Å². The number of nitrogens with zero attached hydrogens (tertiary/aromatic N) is 2. The third kappa shape index (κ3) is 6.98. The van der Waals surface area contributed by atoms with Crippen LogP contribution in [0, 0.1) is 17.0 Å². The van der Waals surface area contributed by atoms with Crippen molar-refractivity contribution in [2.75, 3.05) is 18.0 Å². The summed E-state index contributed by atoms with van der Waals surface area (Å²) >= 11 is 0. The Bertz CT molecular complexity index is 1360. The molecule has 0 aliphatic carbocycles. The molecule has 1 N–H and O–H groups in total. The molecule has 10 nitrogen and oxygen atoms in total. The summed E-state index contributed by atoms with van der Waals surface area (Å²) in [6.07, 6.45) is 0.0337. The van der Waals surface area contributed by atoms with E-state index in [4.69, 9.17) is 9.47 Å². The molecule has 0 atom stereocenters. The highest BCUT2D eigenvalue weighted by molar-refractivity contribution is 7.92. The number of benzene rings is 3. The molecule has 0 fully saturated rings. The van der Waals surface area contributed by atoms with Crippen molar-refractivity contribution in [2.45, 2.75) is 38.3 Å². The van der Waals surface area contributed by atoms with Crippen LogP contribution in [-0.2, 0) is 21.4 Å². The minimum Gasteiger partial charge on any atom is -0.497 e. The fourth-order valence-electron chi connectivity index (χ4n) is 3.48. The second-order valence-corrected chi connectivity index (χ2v) is 10.4. The molecule has 0 aliphatic rings. The lowest BCUT2D eigenvalue weighted by molar-refractivity contribution is -0.385. The molecule has 3 rings (SSSR count). The van der Waals surface area contributed by atoms with Gasteiger partial charge in [-0.15, -0.1) is 0 Å². The smallest absolute Gasteiger partial charge is 0.273 e. The van der Waals surface area contributed by atoms with Crippen molar-refractivity contribution >= 4 is 27.3 Å². The molecular weight excluding hydrogens is 498 g/mol. The SMILES string of the molecule is COc1ccc(N(CC(=O)NCc2ccc(OC(C)C)cc2)S(=O)(=O)c2ccc(C)c([N+](=O)[O-])c2)cc1. The monoisotopic (exact) mass is 527 g/mol. The van der Waals surface area contributed by atoms with E-state index in [2.05, 4.69) is 5.32 Å². The average Bonchev–Trinajstić information content (AvgIpc) is 2.86. The third-order valence-corrected chi connectivity index (χ3v) is 7.17. The van der Waals surface area contributed by atoms with Gasteiger partial charge in [0, 0.05) is 18.2 Å². The van der Waals surface area contributed by atoms with Gasteiger partial charge in [0.25, 0.3) is 15.7 Å². The molecule has 0 bridgehead atoms. The predicted molar refractivity (Wildman–Crippen MR) is 139 cm³/mol. The van der Waals surface area contributed by atoms with Crippen LogP contribution in [0.4, 0.5) is 11.4 Å². The summed E-state index contributed by atoms with van der Waals surface area (Å²) in [5, 5.41) is 14.1. The molecule has 0 saturated heterocycles. The van der Waals surface area contributed by atoms with Crippen LogP contribution in [0.3, 0.4) is 0 Å². The van der Waals surface area contributed by atoms with Gasteiger partial charge in [-0.05, 0) is 68.8 Å². The molecule has 0 saturated carbocycles. The number of amides is 1. The molecular formula is C26H29N3O7S. The number of nitro benzene ring substituents is 1. The van der Waals surface area contributed by atoms with Gasteiger partial charge in [0.2, 0.25) is 5.91 Å². The molecule has 0 heterocycles. The summed E-state index contributed by atoms with van der Waals surface area (Å²) in [6.45, 7) is 5.00. The molecule has 0 radical (unpaired) electrons. The number of nitrogens with one attached hydrogen (secondary N) is 1. The van der Waals surface area contributed by atoms with Gasteiger partial charge in [0.15, 0.2) is 0 Å². The highest BCUT2D eigenvalue weighted by atomic mass is 32.2. The topological polar surface area (TPSA) is 128 Å². The summed E-state index contributed by atoms with van der Waals surface area (Å²) in [4.78, 5) is 23.3. The number of hydrogen-bond acceptors (Lipinski definition) is 7. The van der Waals surface area contributed by atoms with E-state index in [1.807, 2.05) is 13.8 Å². The number of rotatable bonds is 11. The van der Waals surface area contributed by atoms with Crippen LogP contribution in [-0.4, -0.2) is 39.0 Å². The zero-order valence-corrected chi connectivity index (χ0v) is 21.8. The van der Waals surface area contributed by atoms with E-state index in [9.17, 15) is 23.3 Å². The van der Waals surface area contributed by atoms with E-state index in [0.29, 0.717) is 17.1 Å². The molecule has 196 valence electrons. The minimum absolute atomic E-state index is 0.0337. The molecule has 0 unspecified atom stereocenters. The first-order chi connectivity index (χ1) is 17.5. The van der Waals surface area contributed by atoms with E-state index in [0.717, 1.165) is 15.9 Å². The lowest BCUT2D eigenvalue weighted by Crippen LogP contribution is -2.40. The molecule has 0 aliphatic heterocycles. The molecule has 0 aromatic heterocycles. The van der Waals surface area contributed by atoms with Crippen molar-refractivity contribution in [2.24, 2.45) is 0 Å². The quantitative estimate of drug-likeness (QED) is 0.292. The molecule has 11 heteroatoms. The van der Waals surface area contributed by atoms with Crippen molar-refractivity contribution in [3.63, 3.8) is 0 Å². The predicted octanol–water partition coefficient (Wildman–Crippen LogP) is 4.21. The van der Waals surface area contributed by atoms with Gasteiger partial charge in [0.1, 0.15) is 18.0 Å². The van der Waals surface area contributed by atoms with Gasteiger partial charge in [0.05, 0.1) is 28.7 Å². The third-order valence-electron chi connectivity index (χ3n) is 5.40. The van der Waals surface area contributed by atoms with Gasteiger partial charge in [-0.1, -0.05) is 18.2 Å². The maximum atomic E-state index is 13.6. The number of aryl methyl sites for hydroxylation is 1. The normalized spacial score (nSPS) is 11.2. The van der Waals surface area contributed by atoms with Gasteiger partial charge >= 0.3 is 0 Å². The lowest BCUT2D eigenvalue weighted by atomic mass is 10.2. The van der Waals surface area contributed by atoms with Crippen molar-refractivity contribution in [3.05, 3.63) is 88.0 Å². The molecule has 0 spiro atoms. The standard InChI is InChI=1S/C26H29N3O7S/c1-18(2)36-23-10-6-20(7-11-23)16-27-26(30)17-28(21-8-12-22(35-4)13-9-21)37(33,34)24-14-5-19(3)25(15-24)29(31)32/h5-15,18H,16-17H2,1-4H3,(H,27,30). The summed E-state index contributed by atoms with van der Waals surface area (Å²) in [5.74, 6) is 0.652. The first-order valence-corrected chi connectivity index (χ1v) is 12.9. The maximum absolute atomic E-state index is 13.6. The number of anilines is 1. The average molecular weight is 528 g/mol. The van der Waals surface area contributed by atoms with E-state index in [-0.39, 0.29) is 28.9 Å². The summed E-state index contributed by atoms with van der Waals surface area (Å²) in [5.41, 5.74) is 0.999. The first-order valence-electron chi connectivity index (χ1n) is 11.5. The zero-order chi connectivity index (χ0) is 27.2. The summed E-state index contributed by atoms with van der Waals surface area (Å²) in [6, 6.07) is 17.0.